The van der Waals surface area contributed by atoms with Crippen LogP contribution in [-0.2, 0) is 36.8 Å². The molecule has 3 aromatic rings. The van der Waals surface area contributed by atoms with Gasteiger partial charge in [-0.05, 0) is 19.1 Å². The minimum Gasteiger partial charge on any atom is -0.378 e. The molecule has 36 heavy (non-hydrogen) atoms. The molecule has 4 rings (SSSR count). The summed E-state index contributed by atoms with van der Waals surface area (Å²) in [5, 5.41) is 12.1. The van der Waals surface area contributed by atoms with Crippen LogP contribution in [-0.4, -0.2) is 49.1 Å². The van der Waals surface area contributed by atoms with Crippen molar-refractivity contribution in [2.45, 2.75) is 45.0 Å². The molecule has 16 heteroatoms. The Morgan fingerprint density at radius 3 is 2.58 bits per heavy atom. The molecule has 0 saturated heterocycles. The van der Waals surface area contributed by atoms with Crippen LogP contribution in [0.15, 0.2) is 29.3 Å². The van der Waals surface area contributed by atoms with Crippen molar-refractivity contribution in [1.29, 1.82) is 0 Å². The Morgan fingerprint density at radius 1 is 1.14 bits per heavy atom. The van der Waals surface area contributed by atoms with Crippen LogP contribution >= 0.6 is 0 Å². The van der Waals surface area contributed by atoms with Gasteiger partial charge in [0.2, 0.25) is 0 Å². The first-order chi connectivity index (χ1) is 16.9. The molecule has 0 amide bonds. The van der Waals surface area contributed by atoms with E-state index in [0.29, 0.717) is 30.6 Å². The number of nitrogens with zero attached hydrogens (tertiary/aromatic N) is 6. The lowest BCUT2D eigenvalue weighted by Gasteiger charge is -2.27. The highest BCUT2D eigenvalue weighted by Crippen LogP contribution is 2.32. The van der Waals surface area contributed by atoms with Gasteiger partial charge >= 0.3 is 12.4 Å². The highest BCUT2D eigenvalue weighted by atomic mass is 19.4. The lowest BCUT2D eigenvalue weighted by molar-refractivity contribution is -0.138. The first-order valence-corrected chi connectivity index (χ1v) is 10.6. The summed E-state index contributed by atoms with van der Waals surface area (Å²) in [5.41, 5.74) is -4.02. The maximum absolute atomic E-state index is 13.2. The minimum absolute atomic E-state index is 0.0183. The zero-order chi connectivity index (χ0) is 26.1. The number of hydrogen-bond donors (Lipinski definition) is 2. The van der Waals surface area contributed by atoms with Gasteiger partial charge in [-0.25, -0.2) is 19.7 Å². The smallest absolute Gasteiger partial charge is 0.378 e. The van der Waals surface area contributed by atoms with Gasteiger partial charge < -0.3 is 15.0 Å². The first kappa shape index (κ1) is 25.4. The number of hydrogen-bond acceptors (Lipinski definition) is 8. The zero-order valence-corrected chi connectivity index (χ0v) is 18.7. The number of aromatic amines is 1. The summed E-state index contributed by atoms with van der Waals surface area (Å²) in [7, 11) is 0. The molecule has 10 nitrogen and oxygen atoms in total. The number of rotatable bonds is 7. The van der Waals surface area contributed by atoms with Crippen LogP contribution in [0, 0.1) is 0 Å². The number of fused-ring (bicyclic) bond motifs is 1. The van der Waals surface area contributed by atoms with Gasteiger partial charge in [0.05, 0.1) is 37.1 Å². The van der Waals surface area contributed by atoms with E-state index in [1.165, 1.54) is 6.07 Å². The molecule has 3 aromatic heterocycles. The van der Waals surface area contributed by atoms with Crippen LogP contribution in [0.5, 0.6) is 0 Å². The summed E-state index contributed by atoms with van der Waals surface area (Å²) >= 11 is 0. The molecule has 1 aliphatic rings. The molecule has 194 valence electrons. The lowest BCUT2D eigenvalue weighted by Crippen LogP contribution is -2.34. The molecule has 0 radical (unpaired) electrons. The van der Waals surface area contributed by atoms with Gasteiger partial charge in [-0.1, -0.05) is 0 Å². The predicted octanol–water partition coefficient (Wildman–Crippen LogP) is 2.83. The van der Waals surface area contributed by atoms with Crippen molar-refractivity contribution in [2.75, 3.05) is 23.4 Å². The molecular formula is C20H20F6N8O2. The van der Waals surface area contributed by atoms with Gasteiger partial charge in [-0.2, -0.15) is 36.5 Å². The predicted molar refractivity (Wildman–Crippen MR) is 113 cm³/mol. The number of alkyl halides is 6. The first-order valence-electron chi connectivity index (χ1n) is 10.6. The topological polar surface area (TPSA) is 114 Å². The normalized spacial score (nSPS) is 15.0. The number of nitrogens with one attached hydrogen (secondary N) is 2. The molecule has 4 heterocycles. The van der Waals surface area contributed by atoms with Crippen molar-refractivity contribution in [3.05, 3.63) is 57.7 Å². The van der Waals surface area contributed by atoms with E-state index in [0.717, 1.165) is 18.5 Å². The van der Waals surface area contributed by atoms with Gasteiger partial charge in [0, 0.05) is 18.8 Å². The van der Waals surface area contributed by atoms with E-state index in [4.69, 9.17) is 4.74 Å². The number of H-pyrrole nitrogens is 1. The van der Waals surface area contributed by atoms with Crippen LogP contribution < -0.4 is 15.8 Å². The van der Waals surface area contributed by atoms with Crippen molar-refractivity contribution in [3.63, 3.8) is 0 Å². The van der Waals surface area contributed by atoms with E-state index in [-0.39, 0.29) is 19.8 Å². The number of anilines is 2. The molecule has 0 unspecified atom stereocenters. The molecule has 0 aliphatic carbocycles. The summed E-state index contributed by atoms with van der Waals surface area (Å²) in [6, 6.07) is 1.66. The summed E-state index contributed by atoms with van der Waals surface area (Å²) < 4.78 is 84.9. The van der Waals surface area contributed by atoms with E-state index < -0.39 is 40.8 Å². The van der Waals surface area contributed by atoms with E-state index in [1.807, 2.05) is 0 Å². The van der Waals surface area contributed by atoms with Crippen LogP contribution in [0.25, 0.3) is 0 Å². The average Bonchev–Trinajstić information content (AvgIpc) is 3.19. The third-order valence-electron chi connectivity index (χ3n) is 5.25. The number of halogens is 6. The average molecular weight is 518 g/mol. The van der Waals surface area contributed by atoms with Crippen molar-refractivity contribution in [2.24, 2.45) is 0 Å². The molecule has 1 aliphatic heterocycles. The molecule has 0 spiro atoms. The highest BCUT2D eigenvalue weighted by Gasteiger charge is 2.37. The molecule has 0 aromatic carbocycles. The van der Waals surface area contributed by atoms with Crippen molar-refractivity contribution < 1.29 is 31.1 Å². The Hall–Kier alpha value is -3.69. The molecule has 0 fully saturated rings. The summed E-state index contributed by atoms with van der Waals surface area (Å²) in [4.78, 5) is 21.6. The van der Waals surface area contributed by atoms with Crippen LogP contribution in [0.4, 0.5) is 37.8 Å². The van der Waals surface area contributed by atoms with Crippen LogP contribution in [0.1, 0.15) is 29.7 Å². The second kappa shape index (κ2) is 9.75. The largest absolute Gasteiger partial charge is 0.423 e. The SMILES string of the molecule is C[C@@H](COCc1nc2n(n1)CCN(c1ccc(C(F)(F)F)cn1)C2)Nc1cn[nH]c(=O)c1C(F)(F)F. The van der Waals surface area contributed by atoms with Gasteiger partial charge in [0.1, 0.15) is 23.8 Å². The molecule has 1 atom stereocenters. The lowest BCUT2D eigenvalue weighted by atomic mass is 10.2. The Bertz CT molecular complexity index is 1250. The number of ether oxygens (including phenoxy) is 1. The van der Waals surface area contributed by atoms with E-state index in [9.17, 15) is 31.1 Å². The third-order valence-corrected chi connectivity index (χ3v) is 5.25. The summed E-state index contributed by atoms with van der Waals surface area (Å²) in [6.07, 6.45) is -7.67. The van der Waals surface area contributed by atoms with E-state index >= 15 is 0 Å². The Kier molecular flexibility index (Phi) is 6.88. The maximum Gasteiger partial charge on any atom is 0.423 e. The second-order valence-corrected chi connectivity index (χ2v) is 8.04. The molecule has 0 saturated carbocycles. The summed E-state index contributed by atoms with van der Waals surface area (Å²) in [5.74, 6) is 1.28. The summed E-state index contributed by atoms with van der Waals surface area (Å²) in [6.45, 7) is 2.70. The van der Waals surface area contributed by atoms with Crippen molar-refractivity contribution in [1.82, 2.24) is 29.9 Å². The van der Waals surface area contributed by atoms with E-state index in [1.54, 1.807) is 21.6 Å². The molecular weight excluding hydrogens is 498 g/mol. The van der Waals surface area contributed by atoms with Crippen molar-refractivity contribution >= 4 is 11.5 Å². The molecule has 2 N–H and O–H groups in total. The van der Waals surface area contributed by atoms with Gasteiger partial charge in [-0.3, -0.25) is 4.79 Å². The van der Waals surface area contributed by atoms with Crippen molar-refractivity contribution in [3.8, 4) is 0 Å². The minimum atomic E-state index is -4.86. The van der Waals surface area contributed by atoms with Gasteiger partial charge in [-0.15, -0.1) is 0 Å². The fraction of sp³-hybridized carbons (Fsp3) is 0.450. The second-order valence-electron chi connectivity index (χ2n) is 8.04. The fourth-order valence-corrected chi connectivity index (χ4v) is 3.61. The molecule has 0 bridgehead atoms. The Morgan fingerprint density at radius 2 is 1.92 bits per heavy atom. The van der Waals surface area contributed by atoms with Crippen LogP contribution in [0.2, 0.25) is 0 Å². The van der Waals surface area contributed by atoms with E-state index in [2.05, 4.69) is 25.5 Å². The number of pyridine rings is 1. The quantitative estimate of drug-likeness (QED) is 0.459. The monoisotopic (exact) mass is 518 g/mol. The Labute approximate surface area is 199 Å². The standard InChI is InChI=1S/C20H20F6N8O2/c1-11(29-13-7-28-31-18(35)17(13)20(24,25)26)9-36-10-14-30-16-8-33(4-5-34(16)32-14)15-3-2-12(6-27-15)19(21,22)23/h2-3,6-7,11H,4-5,8-10H2,1H3,(H2,29,31,35)/t11-/m0/s1. The third kappa shape index (κ3) is 5.75. The highest BCUT2D eigenvalue weighted by molar-refractivity contribution is 5.50. The van der Waals surface area contributed by atoms with Gasteiger partial charge in [0.25, 0.3) is 5.56 Å². The van der Waals surface area contributed by atoms with Crippen LogP contribution in [0.3, 0.4) is 0 Å². The maximum atomic E-state index is 13.2. The van der Waals surface area contributed by atoms with Gasteiger partial charge in [0.15, 0.2) is 5.82 Å². The fourth-order valence-electron chi connectivity index (χ4n) is 3.61. The zero-order valence-electron chi connectivity index (χ0n) is 18.7. The Balaban J connectivity index is 1.32. The number of aromatic nitrogens is 6.